The van der Waals surface area contributed by atoms with E-state index in [0.29, 0.717) is 0 Å². The van der Waals surface area contributed by atoms with Gasteiger partial charge >= 0.3 is 6.18 Å². The van der Waals surface area contributed by atoms with Gasteiger partial charge in [-0.3, -0.25) is 4.98 Å². The minimum atomic E-state index is -4.62. The fourth-order valence-corrected chi connectivity index (χ4v) is 1.40. The number of aromatic nitrogens is 3. The molecule has 0 unspecified atom stereocenters. The quantitative estimate of drug-likeness (QED) is 0.851. The van der Waals surface area contributed by atoms with Crippen LogP contribution in [0.3, 0.4) is 0 Å². The van der Waals surface area contributed by atoms with Crippen LogP contribution < -0.4 is 5.73 Å². The van der Waals surface area contributed by atoms with E-state index in [0.717, 1.165) is 6.07 Å². The van der Waals surface area contributed by atoms with E-state index in [1.165, 1.54) is 18.5 Å². The predicted molar refractivity (Wildman–Crippen MR) is 59.4 cm³/mol. The third kappa shape index (κ3) is 2.77. The molecule has 0 amide bonds. The van der Waals surface area contributed by atoms with Crippen LogP contribution in [-0.2, 0) is 6.18 Å². The van der Waals surface area contributed by atoms with Crippen LogP contribution in [0.2, 0.25) is 0 Å². The minimum absolute atomic E-state index is 0.0376. The van der Waals surface area contributed by atoms with Crippen LogP contribution in [0.25, 0.3) is 11.3 Å². The van der Waals surface area contributed by atoms with E-state index < -0.39 is 17.8 Å². The minimum Gasteiger partial charge on any atom is -0.368 e. The Bertz CT molecular complexity index is 660. The molecule has 0 radical (unpaired) electrons. The van der Waals surface area contributed by atoms with Gasteiger partial charge in [0.1, 0.15) is 6.07 Å². The summed E-state index contributed by atoms with van der Waals surface area (Å²) in [7, 11) is 0. The normalized spacial score (nSPS) is 11.1. The van der Waals surface area contributed by atoms with Crippen molar-refractivity contribution < 1.29 is 13.2 Å². The maximum absolute atomic E-state index is 12.6. The van der Waals surface area contributed by atoms with Gasteiger partial charge in [0.05, 0.1) is 11.3 Å². The van der Waals surface area contributed by atoms with Gasteiger partial charge < -0.3 is 5.73 Å². The number of nitrogens with two attached hydrogens (primary N) is 1. The average molecular weight is 265 g/mol. The zero-order valence-electron chi connectivity index (χ0n) is 9.31. The third-order valence-electron chi connectivity index (χ3n) is 2.20. The number of anilines is 1. The van der Waals surface area contributed by atoms with Gasteiger partial charge in [-0.05, 0) is 12.1 Å². The molecule has 0 atom stereocenters. The van der Waals surface area contributed by atoms with Gasteiger partial charge in [0.15, 0.2) is 5.69 Å². The Morgan fingerprint density at radius 2 is 1.89 bits per heavy atom. The number of nitrogens with zero attached hydrogens (tertiary/aromatic N) is 4. The molecule has 96 valence electrons. The molecule has 19 heavy (non-hydrogen) atoms. The first kappa shape index (κ1) is 12.8. The van der Waals surface area contributed by atoms with Gasteiger partial charge in [0, 0.05) is 18.0 Å². The summed E-state index contributed by atoms with van der Waals surface area (Å²) in [5.41, 5.74) is 4.55. The molecule has 2 N–H and O–H groups in total. The van der Waals surface area contributed by atoms with E-state index >= 15 is 0 Å². The summed E-state index contributed by atoms with van der Waals surface area (Å²) in [6.45, 7) is 0. The Balaban J connectivity index is 2.57. The number of nitrogen functional groups attached to an aromatic ring is 1. The highest BCUT2D eigenvalue weighted by Crippen LogP contribution is 2.30. The zero-order chi connectivity index (χ0) is 14.0. The van der Waals surface area contributed by atoms with Crippen molar-refractivity contribution in [3.63, 3.8) is 0 Å². The van der Waals surface area contributed by atoms with Crippen molar-refractivity contribution in [3.8, 4) is 17.3 Å². The molecule has 0 aliphatic heterocycles. The van der Waals surface area contributed by atoms with Gasteiger partial charge in [-0.15, -0.1) is 0 Å². The number of pyridine rings is 1. The van der Waals surface area contributed by atoms with E-state index in [1.807, 2.05) is 6.07 Å². The lowest BCUT2D eigenvalue weighted by Gasteiger charge is -2.08. The van der Waals surface area contributed by atoms with Crippen LogP contribution in [-0.4, -0.2) is 15.0 Å². The fourth-order valence-electron chi connectivity index (χ4n) is 1.40. The maximum Gasteiger partial charge on any atom is 0.433 e. The summed E-state index contributed by atoms with van der Waals surface area (Å²) < 4.78 is 37.8. The molecule has 2 aromatic rings. The molecule has 2 heterocycles. The van der Waals surface area contributed by atoms with E-state index in [4.69, 9.17) is 11.0 Å². The Kier molecular flexibility index (Phi) is 3.04. The second kappa shape index (κ2) is 4.53. The lowest BCUT2D eigenvalue weighted by Crippen LogP contribution is -2.11. The molecule has 2 aromatic heterocycles. The fraction of sp³-hybridized carbons (Fsp3) is 0.0909. The Morgan fingerprint density at radius 1 is 1.16 bits per heavy atom. The molecular formula is C11H6F3N5. The molecule has 0 spiro atoms. The number of rotatable bonds is 1. The summed E-state index contributed by atoms with van der Waals surface area (Å²) in [6, 6.07) is 3.97. The van der Waals surface area contributed by atoms with Crippen LogP contribution in [0.5, 0.6) is 0 Å². The van der Waals surface area contributed by atoms with Gasteiger partial charge in [0.2, 0.25) is 5.95 Å². The lowest BCUT2D eigenvalue weighted by atomic mass is 10.1. The van der Waals surface area contributed by atoms with Gasteiger partial charge in [-0.25, -0.2) is 9.97 Å². The van der Waals surface area contributed by atoms with Crippen molar-refractivity contribution in [2.75, 3.05) is 5.73 Å². The van der Waals surface area contributed by atoms with E-state index in [-0.39, 0.29) is 16.8 Å². The summed E-state index contributed by atoms with van der Waals surface area (Å²) in [4.78, 5) is 10.6. The number of hydrogen-bond donors (Lipinski definition) is 1. The monoisotopic (exact) mass is 265 g/mol. The molecule has 0 fully saturated rings. The maximum atomic E-state index is 12.6. The molecule has 0 saturated carbocycles. The Morgan fingerprint density at radius 3 is 2.53 bits per heavy atom. The molecule has 8 heteroatoms. The van der Waals surface area contributed by atoms with Crippen LogP contribution in [0.1, 0.15) is 11.3 Å². The lowest BCUT2D eigenvalue weighted by molar-refractivity contribution is -0.141. The van der Waals surface area contributed by atoms with Crippen molar-refractivity contribution in [2.24, 2.45) is 0 Å². The highest BCUT2D eigenvalue weighted by molar-refractivity contribution is 5.61. The van der Waals surface area contributed by atoms with Crippen LogP contribution in [0.4, 0.5) is 19.1 Å². The summed E-state index contributed by atoms with van der Waals surface area (Å²) >= 11 is 0. The highest BCUT2D eigenvalue weighted by atomic mass is 19.4. The smallest absolute Gasteiger partial charge is 0.368 e. The first-order valence-corrected chi connectivity index (χ1v) is 4.97. The molecule has 0 saturated heterocycles. The van der Waals surface area contributed by atoms with E-state index in [1.54, 1.807) is 0 Å². The Labute approximate surface area is 105 Å². The number of hydrogen-bond acceptors (Lipinski definition) is 5. The number of halogens is 3. The SMILES string of the molecule is N#Cc1cncc(-c2cc(C(F)(F)F)nc(N)n2)c1. The standard InChI is InChI=1S/C11H6F3N5/c12-11(13,14)9-2-8(18-10(16)19-9)7-1-6(3-15)4-17-5-7/h1-2,4-5H,(H2,16,18,19). The zero-order valence-corrected chi connectivity index (χ0v) is 9.31. The molecule has 0 aromatic carbocycles. The average Bonchev–Trinajstić information content (AvgIpc) is 2.37. The summed E-state index contributed by atoms with van der Waals surface area (Å²) in [6.07, 6.45) is -2.03. The highest BCUT2D eigenvalue weighted by Gasteiger charge is 2.33. The second-order valence-corrected chi connectivity index (χ2v) is 3.57. The molecule has 5 nitrogen and oxygen atoms in total. The molecule has 0 bridgehead atoms. The molecular weight excluding hydrogens is 259 g/mol. The van der Waals surface area contributed by atoms with Crippen molar-refractivity contribution in [3.05, 3.63) is 35.8 Å². The number of nitriles is 1. The van der Waals surface area contributed by atoms with E-state index in [9.17, 15) is 13.2 Å². The van der Waals surface area contributed by atoms with Gasteiger partial charge in [-0.2, -0.15) is 18.4 Å². The van der Waals surface area contributed by atoms with Crippen LogP contribution in [0, 0.1) is 11.3 Å². The summed E-state index contributed by atoms with van der Waals surface area (Å²) in [5.74, 6) is -0.493. The largest absolute Gasteiger partial charge is 0.433 e. The van der Waals surface area contributed by atoms with Crippen molar-refractivity contribution in [1.82, 2.24) is 15.0 Å². The molecule has 2 rings (SSSR count). The summed E-state index contributed by atoms with van der Waals surface area (Å²) in [5, 5.41) is 8.72. The van der Waals surface area contributed by atoms with Crippen molar-refractivity contribution in [2.45, 2.75) is 6.18 Å². The number of alkyl halides is 3. The van der Waals surface area contributed by atoms with Crippen molar-refractivity contribution >= 4 is 5.95 Å². The molecule has 0 aliphatic rings. The second-order valence-electron chi connectivity index (χ2n) is 3.57. The van der Waals surface area contributed by atoms with Crippen molar-refractivity contribution in [1.29, 1.82) is 5.26 Å². The topological polar surface area (TPSA) is 88.5 Å². The van der Waals surface area contributed by atoms with Crippen LogP contribution >= 0.6 is 0 Å². The van der Waals surface area contributed by atoms with Gasteiger partial charge in [-0.1, -0.05) is 0 Å². The van der Waals surface area contributed by atoms with Crippen LogP contribution in [0.15, 0.2) is 24.5 Å². The van der Waals surface area contributed by atoms with Gasteiger partial charge in [0.25, 0.3) is 0 Å². The first-order valence-electron chi connectivity index (χ1n) is 4.97. The van der Waals surface area contributed by atoms with E-state index in [2.05, 4.69) is 15.0 Å². The predicted octanol–water partition coefficient (Wildman–Crippen LogP) is 2.01. The third-order valence-corrected chi connectivity index (χ3v) is 2.20. The first-order chi connectivity index (χ1) is 8.90. The Hall–Kier alpha value is -2.69. The molecule has 0 aliphatic carbocycles.